The SMILES string of the molecule is Cc1ccc2ccc3c(-c4nc(-c5ccc6ccccc6c5)nc(-c5cccc6oc7ccccc7c56)n4)cccc3c2c1. The minimum absolute atomic E-state index is 0.615. The summed E-state index contributed by atoms with van der Waals surface area (Å²) in [5.41, 5.74) is 5.72. The van der Waals surface area contributed by atoms with Gasteiger partial charge >= 0.3 is 0 Å². The molecule has 0 N–H and O–H groups in total. The van der Waals surface area contributed by atoms with Crippen LogP contribution in [-0.4, -0.2) is 15.0 Å². The molecule has 0 saturated carbocycles. The summed E-state index contributed by atoms with van der Waals surface area (Å²) in [6.07, 6.45) is 0. The zero-order chi connectivity index (χ0) is 29.2. The summed E-state index contributed by atoms with van der Waals surface area (Å²) in [6.45, 7) is 2.14. The van der Waals surface area contributed by atoms with Crippen LogP contribution in [0.3, 0.4) is 0 Å². The number of aromatic nitrogens is 3. The summed E-state index contributed by atoms with van der Waals surface area (Å²) in [6, 6.07) is 46.3. The quantitative estimate of drug-likeness (QED) is 0.201. The van der Waals surface area contributed by atoms with E-state index in [0.29, 0.717) is 17.5 Å². The average Bonchev–Trinajstić information content (AvgIpc) is 3.46. The summed E-state index contributed by atoms with van der Waals surface area (Å²) in [5, 5.41) is 9.10. The number of hydrogen-bond acceptors (Lipinski definition) is 4. The first-order valence-corrected chi connectivity index (χ1v) is 14.8. The third kappa shape index (κ3) is 3.89. The Labute approximate surface area is 253 Å². The van der Waals surface area contributed by atoms with Gasteiger partial charge in [-0.25, -0.2) is 15.0 Å². The highest BCUT2D eigenvalue weighted by Gasteiger charge is 2.19. The summed E-state index contributed by atoms with van der Waals surface area (Å²) >= 11 is 0. The van der Waals surface area contributed by atoms with Crippen molar-refractivity contribution < 1.29 is 4.42 Å². The molecule has 0 spiro atoms. The Kier molecular flexibility index (Phi) is 5.38. The standard InChI is InChI=1S/C40H25N3O/c1-24-16-17-26-20-21-30-29(34(26)22-24)11-6-12-31(30)39-41-38(28-19-18-25-8-2-3-9-27(25)23-28)42-40(43-39)33-13-7-15-36-37(33)32-10-4-5-14-35(32)44-36/h2-23H,1H3. The van der Waals surface area contributed by atoms with Crippen molar-refractivity contribution in [3.05, 3.63) is 139 Å². The Morgan fingerprint density at radius 1 is 0.432 bits per heavy atom. The van der Waals surface area contributed by atoms with E-state index >= 15 is 0 Å². The zero-order valence-electron chi connectivity index (χ0n) is 24.0. The third-order valence-electron chi connectivity index (χ3n) is 8.56. The van der Waals surface area contributed by atoms with Gasteiger partial charge in [-0.2, -0.15) is 0 Å². The molecule has 4 nitrogen and oxygen atoms in total. The van der Waals surface area contributed by atoms with E-state index in [0.717, 1.165) is 49.4 Å². The highest BCUT2D eigenvalue weighted by molar-refractivity contribution is 6.13. The predicted octanol–water partition coefficient (Wildman–Crippen LogP) is 10.5. The lowest BCUT2D eigenvalue weighted by molar-refractivity contribution is 0.669. The second kappa shape index (κ2) is 9.58. The van der Waals surface area contributed by atoms with Gasteiger partial charge in [0, 0.05) is 27.5 Å². The Morgan fingerprint density at radius 2 is 1.11 bits per heavy atom. The molecule has 0 aliphatic rings. The van der Waals surface area contributed by atoms with E-state index in [-0.39, 0.29) is 0 Å². The van der Waals surface area contributed by atoms with E-state index in [1.807, 2.05) is 30.3 Å². The van der Waals surface area contributed by atoms with Crippen LogP contribution >= 0.6 is 0 Å². The zero-order valence-corrected chi connectivity index (χ0v) is 24.0. The average molecular weight is 564 g/mol. The smallest absolute Gasteiger partial charge is 0.164 e. The van der Waals surface area contributed by atoms with Gasteiger partial charge in [0.2, 0.25) is 0 Å². The van der Waals surface area contributed by atoms with Gasteiger partial charge in [-0.15, -0.1) is 0 Å². The largest absolute Gasteiger partial charge is 0.456 e. The molecule has 0 aliphatic heterocycles. The van der Waals surface area contributed by atoms with Crippen LogP contribution in [0.5, 0.6) is 0 Å². The molecule has 9 rings (SSSR count). The molecule has 0 aliphatic carbocycles. The van der Waals surface area contributed by atoms with Crippen LogP contribution in [-0.2, 0) is 0 Å². The number of furan rings is 1. The van der Waals surface area contributed by atoms with Crippen molar-refractivity contribution in [1.82, 2.24) is 15.0 Å². The van der Waals surface area contributed by atoms with Crippen LogP contribution in [0.15, 0.2) is 138 Å². The molecule has 2 aromatic heterocycles. The maximum atomic E-state index is 6.23. The Morgan fingerprint density at radius 3 is 2.05 bits per heavy atom. The fraction of sp³-hybridized carbons (Fsp3) is 0.0250. The minimum atomic E-state index is 0.615. The van der Waals surface area contributed by atoms with Crippen molar-refractivity contribution >= 4 is 54.3 Å². The third-order valence-corrected chi connectivity index (χ3v) is 8.56. The number of rotatable bonds is 3. The number of hydrogen-bond donors (Lipinski definition) is 0. The lowest BCUT2D eigenvalue weighted by atomic mass is 9.97. The van der Waals surface area contributed by atoms with E-state index in [2.05, 4.69) is 110 Å². The summed E-state index contributed by atoms with van der Waals surface area (Å²) in [5.74, 6) is 1.89. The topological polar surface area (TPSA) is 51.8 Å². The molecule has 0 radical (unpaired) electrons. The lowest BCUT2D eigenvalue weighted by Gasteiger charge is -2.12. The second-order valence-electron chi connectivity index (χ2n) is 11.3. The predicted molar refractivity (Wildman–Crippen MR) is 181 cm³/mol. The van der Waals surface area contributed by atoms with Crippen LogP contribution in [0.1, 0.15) is 5.56 Å². The Hall–Kier alpha value is -5.87. The van der Waals surface area contributed by atoms with Gasteiger partial charge in [-0.3, -0.25) is 0 Å². The molecule has 0 atom stereocenters. The van der Waals surface area contributed by atoms with Gasteiger partial charge in [-0.05, 0) is 57.4 Å². The Balaban J connectivity index is 1.34. The number of benzene rings is 7. The maximum Gasteiger partial charge on any atom is 0.164 e. The monoisotopic (exact) mass is 563 g/mol. The first-order chi connectivity index (χ1) is 21.7. The van der Waals surface area contributed by atoms with Gasteiger partial charge in [0.05, 0.1) is 0 Å². The molecule has 0 amide bonds. The highest BCUT2D eigenvalue weighted by Crippen LogP contribution is 2.38. The van der Waals surface area contributed by atoms with Crippen molar-refractivity contribution in [3.8, 4) is 34.2 Å². The molecule has 206 valence electrons. The van der Waals surface area contributed by atoms with Crippen LogP contribution < -0.4 is 0 Å². The van der Waals surface area contributed by atoms with Crippen molar-refractivity contribution in [2.24, 2.45) is 0 Å². The summed E-state index contributed by atoms with van der Waals surface area (Å²) in [4.78, 5) is 15.4. The molecule has 0 bridgehead atoms. The molecule has 0 fully saturated rings. The van der Waals surface area contributed by atoms with Crippen LogP contribution in [0.4, 0.5) is 0 Å². The molecular weight excluding hydrogens is 538 g/mol. The van der Waals surface area contributed by atoms with Crippen molar-refractivity contribution in [2.75, 3.05) is 0 Å². The van der Waals surface area contributed by atoms with E-state index in [1.165, 1.54) is 27.1 Å². The molecule has 0 saturated heterocycles. The van der Waals surface area contributed by atoms with E-state index in [1.54, 1.807) is 0 Å². The Bertz CT molecular complexity index is 2580. The molecule has 44 heavy (non-hydrogen) atoms. The van der Waals surface area contributed by atoms with Gasteiger partial charge in [0.25, 0.3) is 0 Å². The van der Waals surface area contributed by atoms with Gasteiger partial charge < -0.3 is 4.42 Å². The van der Waals surface area contributed by atoms with Gasteiger partial charge in [0.1, 0.15) is 11.2 Å². The first-order valence-electron chi connectivity index (χ1n) is 14.8. The number of nitrogens with zero attached hydrogens (tertiary/aromatic N) is 3. The second-order valence-corrected chi connectivity index (χ2v) is 11.3. The number of fused-ring (bicyclic) bond motifs is 7. The maximum absolute atomic E-state index is 6.23. The van der Waals surface area contributed by atoms with Crippen LogP contribution in [0.2, 0.25) is 0 Å². The van der Waals surface area contributed by atoms with Crippen molar-refractivity contribution in [2.45, 2.75) is 6.92 Å². The molecule has 4 heteroatoms. The van der Waals surface area contributed by atoms with Gasteiger partial charge in [0.15, 0.2) is 17.5 Å². The van der Waals surface area contributed by atoms with E-state index in [4.69, 9.17) is 19.4 Å². The molecule has 2 heterocycles. The number of para-hydroxylation sites is 1. The van der Waals surface area contributed by atoms with Gasteiger partial charge in [-0.1, -0.05) is 121 Å². The number of aryl methyl sites for hydroxylation is 1. The summed E-state index contributed by atoms with van der Waals surface area (Å²) < 4.78 is 6.23. The summed E-state index contributed by atoms with van der Waals surface area (Å²) in [7, 11) is 0. The minimum Gasteiger partial charge on any atom is -0.456 e. The molecule has 0 unspecified atom stereocenters. The normalized spacial score (nSPS) is 11.8. The fourth-order valence-electron chi connectivity index (χ4n) is 6.43. The highest BCUT2D eigenvalue weighted by atomic mass is 16.3. The first kappa shape index (κ1) is 24.7. The lowest BCUT2D eigenvalue weighted by Crippen LogP contribution is -2.01. The molecule has 7 aromatic carbocycles. The van der Waals surface area contributed by atoms with E-state index < -0.39 is 0 Å². The molecular formula is C40H25N3O. The molecule has 9 aromatic rings. The van der Waals surface area contributed by atoms with Crippen LogP contribution in [0, 0.1) is 6.92 Å². The van der Waals surface area contributed by atoms with Crippen LogP contribution in [0.25, 0.3) is 88.4 Å². The van der Waals surface area contributed by atoms with Crippen molar-refractivity contribution in [1.29, 1.82) is 0 Å². The van der Waals surface area contributed by atoms with Crippen molar-refractivity contribution in [3.63, 3.8) is 0 Å². The fourth-order valence-corrected chi connectivity index (χ4v) is 6.43. The van der Waals surface area contributed by atoms with E-state index in [9.17, 15) is 0 Å².